The monoisotopic (exact) mass is 440 g/mol. The molecule has 1 saturated heterocycles. The van der Waals surface area contributed by atoms with Crippen LogP contribution in [0.2, 0.25) is 0 Å². The highest BCUT2D eigenvalue weighted by Gasteiger charge is 2.42. The summed E-state index contributed by atoms with van der Waals surface area (Å²) in [5, 5.41) is 4.20. The minimum absolute atomic E-state index is 0.0987. The highest BCUT2D eigenvalue weighted by molar-refractivity contribution is 7.80. The molecule has 2 atom stereocenters. The van der Waals surface area contributed by atoms with E-state index in [9.17, 15) is 0 Å². The lowest BCUT2D eigenvalue weighted by molar-refractivity contribution is 0.414. The maximum atomic E-state index is 5.86. The molecule has 5 nitrogen and oxygen atoms in total. The molecule has 0 aliphatic carbocycles. The van der Waals surface area contributed by atoms with Gasteiger partial charge in [0.15, 0.2) is 5.11 Å². The third kappa shape index (κ3) is 3.52. The molecular formula is C26H24N4OS. The fourth-order valence-electron chi connectivity index (χ4n) is 4.41. The zero-order chi connectivity index (χ0) is 22.1. The van der Waals surface area contributed by atoms with Crippen LogP contribution < -0.4 is 15.0 Å². The number of thiocarbonyl (C=S) groups is 1. The lowest BCUT2D eigenvalue weighted by atomic mass is 10.0. The molecule has 1 aliphatic rings. The van der Waals surface area contributed by atoms with Crippen molar-refractivity contribution in [1.29, 1.82) is 0 Å². The number of para-hydroxylation sites is 1. The van der Waals surface area contributed by atoms with Crippen LogP contribution in [0.4, 0.5) is 5.69 Å². The third-order valence-electron chi connectivity index (χ3n) is 5.85. The van der Waals surface area contributed by atoms with E-state index in [4.69, 9.17) is 17.0 Å². The summed E-state index contributed by atoms with van der Waals surface area (Å²) in [5.41, 5.74) is 5.34. The summed E-state index contributed by atoms with van der Waals surface area (Å²) in [5.74, 6) is 0.792. The van der Waals surface area contributed by atoms with Crippen molar-refractivity contribution in [3.63, 3.8) is 0 Å². The molecule has 5 rings (SSSR count). The second-order valence-corrected chi connectivity index (χ2v) is 8.16. The number of pyridine rings is 1. The van der Waals surface area contributed by atoms with Crippen molar-refractivity contribution in [3.05, 3.63) is 108 Å². The van der Waals surface area contributed by atoms with Gasteiger partial charge >= 0.3 is 0 Å². The van der Waals surface area contributed by atoms with Gasteiger partial charge in [-0.15, -0.1) is 0 Å². The molecule has 0 amide bonds. The summed E-state index contributed by atoms with van der Waals surface area (Å²) in [7, 11) is 1.68. The fourth-order valence-corrected chi connectivity index (χ4v) is 4.76. The van der Waals surface area contributed by atoms with Crippen LogP contribution in [0.5, 0.6) is 5.75 Å². The highest BCUT2D eigenvalue weighted by atomic mass is 32.1. The molecule has 1 fully saturated rings. The van der Waals surface area contributed by atoms with Gasteiger partial charge in [0.2, 0.25) is 0 Å². The Balaban J connectivity index is 1.70. The van der Waals surface area contributed by atoms with Crippen molar-refractivity contribution < 1.29 is 4.74 Å². The molecule has 0 bridgehead atoms. The predicted octanol–water partition coefficient (Wildman–Crippen LogP) is 5.37. The van der Waals surface area contributed by atoms with Crippen molar-refractivity contribution in [2.75, 3.05) is 12.0 Å². The van der Waals surface area contributed by atoms with E-state index >= 15 is 0 Å². The Bertz CT molecular complexity index is 1240. The minimum Gasteiger partial charge on any atom is -0.497 e. The van der Waals surface area contributed by atoms with Crippen LogP contribution in [0.3, 0.4) is 0 Å². The molecule has 6 heteroatoms. The van der Waals surface area contributed by atoms with Crippen molar-refractivity contribution in [2.45, 2.75) is 19.0 Å². The Morgan fingerprint density at radius 1 is 0.906 bits per heavy atom. The van der Waals surface area contributed by atoms with Crippen LogP contribution in [0, 0.1) is 6.92 Å². The SMILES string of the molecule is COc1cccc(N2C(=S)N[C@H](c3ccccn3)[C@H]2c2ccc(C)n2-c2ccccc2)c1. The molecule has 0 spiro atoms. The molecule has 2 aromatic carbocycles. The summed E-state index contributed by atoms with van der Waals surface area (Å²) in [6.07, 6.45) is 1.83. The number of nitrogens with one attached hydrogen (secondary N) is 1. The summed E-state index contributed by atoms with van der Waals surface area (Å²) < 4.78 is 7.79. The Hall–Kier alpha value is -3.64. The minimum atomic E-state index is -0.105. The number of rotatable bonds is 5. The number of benzene rings is 2. The van der Waals surface area contributed by atoms with E-state index in [1.807, 2.05) is 48.7 Å². The second kappa shape index (κ2) is 8.48. The fraction of sp³-hybridized carbons (Fsp3) is 0.154. The molecule has 4 aromatic rings. The Labute approximate surface area is 193 Å². The van der Waals surface area contributed by atoms with Crippen molar-refractivity contribution in [2.24, 2.45) is 0 Å². The van der Waals surface area contributed by atoms with Gasteiger partial charge < -0.3 is 19.5 Å². The van der Waals surface area contributed by atoms with Crippen LogP contribution in [-0.4, -0.2) is 21.8 Å². The van der Waals surface area contributed by atoms with Crippen molar-refractivity contribution in [3.8, 4) is 11.4 Å². The van der Waals surface area contributed by atoms with E-state index in [2.05, 4.69) is 69.2 Å². The second-order valence-electron chi connectivity index (χ2n) is 7.77. The first-order chi connectivity index (χ1) is 15.7. The van der Waals surface area contributed by atoms with Crippen LogP contribution in [-0.2, 0) is 0 Å². The van der Waals surface area contributed by atoms with Gasteiger partial charge in [0.05, 0.1) is 18.8 Å². The zero-order valence-corrected chi connectivity index (χ0v) is 18.8. The summed E-state index contributed by atoms with van der Waals surface area (Å²) in [6.45, 7) is 2.13. The van der Waals surface area contributed by atoms with Crippen LogP contribution in [0.25, 0.3) is 5.69 Å². The Morgan fingerprint density at radius 3 is 2.44 bits per heavy atom. The smallest absolute Gasteiger partial charge is 0.174 e. The number of hydrogen-bond acceptors (Lipinski definition) is 3. The maximum absolute atomic E-state index is 5.86. The quantitative estimate of drug-likeness (QED) is 0.423. The van der Waals surface area contributed by atoms with Gasteiger partial charge in [-0.3, -0.25) is 4.98 Å². The van der Waals surface area contributed by atoms with Crippen LogP contribution in [0.1, 0.15) is 29.2 Å². The van der Waals surface area contributed by atoms with Gasteiger partial charge in [0.25, 0.3) is 0 Å². The standard InChI is InChI=1S/C26H24N4OS/c1-18-14-15-23(29(18)19-9-4-3-5-10-19)25-24(22-13-6-7-16-27-22)28-26(32)30(25)20-11-8-12-21(17-20)31-2/h3-17,24-25H,1-2H3,(H,28,32)/t24-,25-/m1/s1. The lowest BCUT2D eigenvalue weighted by Crippen LogP contribution is -2.30. The average Bonchev–Trinajstić information content (AvgIpc) is 3.39. The number of aryl methyl sites for hydroxylation is 1. The van der Waals surface area contributed by atoms with Crippen molar-refractivity contribution in [1.82, 2.24) is 14.9 Å². The number of nitrogens with zero attached hydrogens (tertiary/aromatic N) is 3. The van der Waals surface area contributed by atoms with Gasteiger partial charge in [-0.25, -0.2) is 0 Å². The van der Waals surface area contributed by atoms with Gasteiger partial charge in [-0.2, -0.15) is 0 Å². The topological polar surface area (TPSA) is 42.3 Å². The van der Waals surface area contributed by atoms with Gasteiger partial charge in [0.1, 0.15) is 11.8 Å². The summed E-state index contributed by atoms with van der Waals surface area (Å²) in [4.78, 5) is 6.83. The third-order valence-corrected chi connectivity index (χ3v) is 6.17. The van der Waals surface area contributed by atoms with E-state index in [1.165, 1.54) is 0 Å². The van der Waals surface area contributed by atoms with Crippen LogP contribution in [0.15, 0.2) is 91.1 Å². The Morgan fingerprint density at radius 2 is 1.69 bits per heavy atom. The number of hydrogen-bond donors (Lipinski definition) is 1. The van der Waals surface area contributed by atoms with E-state index in [1.54, 1.807) is 7.11 Å². The van der Waals surface area contributed by atoms with Crippen LogP contribution >= 0.6 is 12.2 Å². The van der Waals surface area contributed by atoms with E-state index in [-0.39, 0.29) is 12.1 Å². The van der Waals surface area contributed by atoms with Gasteiger partial charge in [-0.05, 0) is 67.7 Å². The molecular weight excluding hydrogens is 416 g/mol. The first-order valence-electron chi connectivity index (χ1n) is 10.6. The number of methoxy groups -OCH3 is 1. The average molecular weight is 441 g/mol. The molecule has 2 aromatic heterocycles. The molecule has 1 aliphatic heterocycles. The molecule has 0 radical (unpaired) electrons. The predicted molar refractivity (Wildman–Crippen MR) is 131 cm³/mol. The largest absolute Gasteiger partial charge is 0.497 e. The molecule has 0 unspecified atom stereocenters. The number of ether oxygens (including phenoxy) is 1. The van der Waals surface area contributed by atoms with E-state index in [0.717, 1.165) is 34.2 Å². The lowest BCUT2D eigenvalue weighted by Gasteiger charge is -2.29. The molecule has 1 N–H and O–H groups in total. The normalized spacial score (nSPS) is 17.9. The molecule has 160 valence electrons. The summed E-state index contributed by atoms with van der Waals surface area (Å²) in [6, 6.07) is 28.6. The van der Waals surface area contributed by atoms with E-state index < -0.39 is 0 Å². The molecule has 0 saturated carbocycles. The number of anilines is 1. The molecule has 32 heavy (non-hydrogen) atoms. The van der Waals surface area contributed by atoms with E-state index in [0.29, 0.717) is 5.11 Å². The summed E-state index contributed by atoms with van der Waals surface area (Å²) >= 11 is 5.86. The maximum Gasteiger partial charge on any atom is 0.174 e. The van der Waals surface area contributed by atoms with Crippen molar-refractivity contribution >= 4 is 23.0 Å². The first-order valence-corrected chi connectivity index (χ1v) is 11.0. The Kier molecular flexibility index (Phi) is 5.37. The van der Waals surface area contributed by atoms with Gasteiger partial charge in [-0.1, -0.05) is 30.3 Å². The molecule has 3 heterocycles. The van der Waals surface area contributed by atoms with Gasteiger partial charge in [0, 0.05) is 35.0 Å². The zero-order valence-electron chi connectivity index (χ0n) is 18.0. The highest BCUT2D eigenvalue weighted by Crippen LogP contribution is 2.43. The first kappa shape index (κ1) is 20.3. The number of aromatic nitrogens is 2.